The van der Waals surface area contributed by atoms with Crippen LogP contribution in [-0.2, 0) is 0 Å². The lowest BCUT2D eigenvalue weighted by Crippen LogP contribution is -2.31. The second kappa shape index (κ2) is 9.69. The maximum Gasteiger partial charge on any atom is 0.195 e. The zero-order valence-corrected chi connectivity index (χ0v) is 13.3. The van der Waals surface area contributed by atoms with E-state index < -0.39 is 0 Å². The number of anilines is 1. The fraction of sp³-hybridized carbons (Fsp3) is 0.438. The molecule has 0 bridgehead atoms. The van der Waals surface area contributed by atoms with Gasteiger partial charge in [0.1, 0.15) is 0 Å². The molecule has 0 saturated heterocycles. The van der Waals surface area contributed by atoms with Crippen molar-refractivity contribution < 1.29 is 9.47 Å². The molecule has 2 N–H and O–H groups in total. The van der Waals surface area contributed by atoms with E-state index in [9.17, 15) is 0 Å². The Hall–Kier alpha value is -2.17. The molecule has 0 spiro atoms. The molecule has 0 aromatic heterocycles. The van der Waals surface area contributed by atoms with Gasteiger partial charge in [0.2, 0.25) is 0 Å². The summed E-state index contributed by atoms with van der Waals surface area (Å²) >= 11 is 0. The standard InChI is InChI=1S/C16H25N3O2/c1-5-7-8-11-18-16(17-3)19-13-9-10-14(20-4)15(12-13)21-6-2/h5,7,9-10,12H,6,8,11H2,1-4H3,(H2,17,18,19)/b7-5+. The lowest BCUT2D eigenvalue weighted by Gasteiger charge is -2.14. The van der Waals surface area contributed by atoms with E-state index in [1.165, 1.54) is 0 Å². The average molecular weight is 291 g/mol. The molecule has 0 amide bonds. The summed E-state index contributed by atoms with van der Waals surface area (Å²) in [4.78, 5) is 4.20. The second-order valence-electron chi connectivity index (χ2n) is 4.28. The fourth-order valence-electron chi connectivity index (χ4n) is 1.78. The van der Waals surface area contributed by atoms with Gasteiger partial charge in [-0.2, -0.15) is 0 Å². The highest BCUT2D eigenvalue weighted by molar-refractivity contribution is 5.93. The number of guanidine groups is 1. The highest BCUT2D eigenvalue weighted by Crippen LogP contribution is 2.30. The molecule has 1 rings (SSSR count). The Morgan fingerprint density at radius 2 is 2.14 bits per heavy atom. The molecule has 0 aliphatic heterocycles. The van der Waals surface area contributed by atoms with Crippen LogP contribution < -0.4 is 20.1 Å². The smallest absolute Gasteiger partial charge is 0.195 e. The van der Waals surface area contributed by atoms with Crippen molar-refractivity contribution in [3.63, 3.8) is 0 Å². The van der Waals surface area contributed by atoms with Crippen molar-refractivity contribution in [2.45, 2.75) is 20.3 Å². The van der Waals surface area contributed by atoms with Crippen molar-refractivity contribution in [2.75, 3.05) is 32.6 Å². The summed E-state index contributed by atoms with van der Waals surface area (Å²) in [6.07, 6.45) is 5.11. The van der Waals surface area contributed by atoms with Crippen molar-refractivity contribution in [3.8, 4) is 11.5 Å². The van der Waals surface area contributed by atoms with E-state index in [0.29, 0.717) is 6.61 Å². The third-order valence-corrected chi connectivity index (χ3v) is 2.79. The summed E-state index contributed by atoms with van der Waals surface area (Å²) in [7, 11) is 3.38. The molecule has 0 fully saturated rings. The molecule has 5 heteroatoms. The Morgan fingerprint density at radius 3 is 2.76 bits per heavy atom. The maximum absolute atomic E-state index is 5.56. The molecule has 0 aliphatic rings. The SMILES string of the molecule is C/C=C/CCNC(=NC)Nc1ccc(OC)c(OCC)c1. The number of benzene rings is 1. The first-order valence-electron chi connectivity index (χ1n) is 7.14. The van der Waals surface area contributed by atoms with Crippen LogP contribution in [0.4, 0.5) is 5.69 Å². The van der Waals surface area contributed by atoms with E-state index in [0.717, 1.165) is 36.1 Å². The third-order valence-electron chi connectivity index (χ3n) is 2.79. The minimum atomic E-state index is 0.593. The summed E-state index contributed by atoms with van der Waals surface area (Å²) < 4.78 is 10.8. The predicted octanol–water partition coefficient (Wildman–Crippen LogP) is 3.05. The van der Waals surface area contributed by atoms with Gasteiger partial charge in [-0.05, 0) is 32.4 Å². The Kier molecular flexibility index (Phi) is 7.79. The van der Waals surface area contributed by atoms with Crippen molar-refractivity contribution in [3.05, 3.63) is 30.4 Å². The monoisotopic (exact) mass is 291 g/mol. The molecule has 0 aliphatic carbocycles. The van der Waals surface area contributed by atoms with Gasteiger partial charge in [0.05, 0.1) is 13.7 Å². The lowest BCUT2D eigenvalue weighted by atomic mass is 10.2. The number of rotatable bonds is 7. The number of nitrogens with one attached hydrogen (secondary N) is 2. The zero-order valence-electron chi connectivity index (χ0n) is 13.3. The topological polar surface area (TPSA) is 54.9 Å². The van der Waals surface area contributed by atoms with Crippen LogP contribution in [0.1, 0.15) is 20.3 Å². The van der Waals surface area contributed by atoms with Crippen molar-refractivity contribution in [1.29, 1.82) is 0 Å². The number of nitrogens with zero attached hydrogens (tertiary/aromatic N) is 1. The number of aliphatic imine (C=N–C) groups is 1. The van der Waals surface area contributed by atoms with E-state index in [4.69, 9.17) is 9.47 Å². The molecule has 1 aromatic carbocycles. The van der Waals surface area contributed by atoms with Gasteiger partial charge in [0, 0.05) is 25.3 Å². The van der Waals surface area contributed by atoms with Gasteiger partial charge in [0.25, 0.3) is 0 Å². The molecule has 116 valence electrons. The summed E-state index contributed by atoms with van der Waals surface area (Å²) in [5.74, 6) is 2.17. The van der Waals surface area contributed by atoms with Gasteiger partial charge in [-0.3, -0.25) is 4.99 Å². The van der Waals surface area contributed by atoms with Crippen LogP contribution in [0.5, 0.6) is 11.5 Å². The molecule has 0 saturated carbocycles. The predicted molar refractivity (Wildman–Crippen MR) is 88.6 cm³/mol. The van der Waals surface area contributed by atoms with Crippen LogP contribution in [0.3, 0.4) is 0 Å². The number of ether oxygens (including phenoxy) is 2. The molecule has 0 atom stereocenters. The molecule has 5 nitrogen and oxygen atoms in total. The zero-order chi connectivity index (χ0) is 15.5. The van der Waals surface area contributed by atoms with Gasteiger partial charge >= 0.3 is 0 Å². The maximum atomic E-state index is 5.56. The van der Waals surface area contributed by atoms with E-state index in [1.54, 1.807) is 14.2 Å². The van der Waals surface area contributed by atoms with Gasteiger partial charge in [-0.25, -0.2) is 0 Å². The quantitative estimate of drug-likeness (QED) is 0.351. The molecule has 1 aromatic rings. The van der Waals surface area contributed by atoms with E-state index in [2.05, 4.69) is 21.7 Å². The summed E-state index contributed by atoms with van der Waals surface area (Å²) in [5.41, 5.74) is 0.901. The molecule has 0 unspecified atom stereocenters. The summed E-state index contributed by atoms with van der Waals surface area (Å²) in [6.45, 7) is 5.38. The molecular formula is C16H25N3O2. The van der Waals surface area contributed by atoms with Crippen LogP contribution in [0.2, 0.25) is 0 Å². The first-order valence-corrected chi connectivity index (χ1v) is 7.14. The molecule has 21 heavy (non-hydrogen) atoms. The van der Waals surface area contributed by atoms with Gasteiger partial charge in [0.15, 0.2) is 17.5 Å². The first-order chi connectivity index (χ1) is 10.2. The van der Waals surface area contributed by atoms with Crippen LogP contribution in [0, 0.1) is 0 Å². The van der Waals surface area contributed by atoms with Gasteiger partial charge in [-0.15, -0.1) is 0 Å². The van der Waals surface area contributed by atoms with Crippen molar-refractivity contribution >= 4 is 11.6 Å². The first kappa shape index (κ1) is 16.9. The number of allylic oxidation sites excluding steroid dienone is 1. The highest BCUT2D eigenvalue weighted by Gasteiger charge is 2.06. The Bertz CT molecular complexity index is 484. The fourth-order valence-corrected chi connectivity index (χ4v) is 1.78. The van der Waals surface area contributed by atoms with Crippen LogP contribution >= 0.6 is 0 Å². The Morgan fingerprint density at radius 1 is 1.33 bits per heavy atom. The largest absolute Gasteiger partial charge is 0.493 e. The summed E-state index contributed by atoms with van der Waals surface area (Å²) in [5, 5.41) is 6.48. The van der Waals surface area contributed by atoms with Crippen LogP contribution in [0.25, 0.3) is 0 Å². The van der Waals surface area contributed by atoms with E-state index >= 15 is 0 Å². The van der Waals surface area contributed by atoms with Crippen LogP contribution in [-0.4, -0.2) is 33.3 Å². The average Bonchev–Trinajstić information content (AvgIpc) is 2.51. The lowest BCUT2D eigenvalue weighted by molar-refractivity contribution is 0.311. The minimum absolute atomic E-state index is 0.593. The number of hydrogen-bond acceptors (Lipinski definition) is 3. The third kappa shape index (κ3) is 5.77. The Balaban J connectivity index is 2.69. The normalized spacial score (nSPS) is 11.5. The second-order valence-corrected chi connectivity index (χ2v) is 4.28. The molecule has 0 heterocycles. The highest BCUT2D eigenvalue weighted by atomic mass is 16.5. The Labute approximate surface area is 127 Å². The van der Waals surface area contributed by atoms with Crippen molar-refractivity contribution in [1.82, 2.24) is 5.32 Å². The minimum Gasteiger partial charge on any atom is -0.493 e. The van der Waals surface area contributed by atoms with Crippen LogP contribution in [0.15, 0.2) is 35.3 Å². The van der Waals surface area contributed by atoms with Gasteiger partial charge in [-0.1, -0.05) is 12.2 Å². The van der Waals surface area contributed by atoms with Gasteiger partial charge < -0.3 is 20.1 Å². The van der Waals surface area contributed by atoms with E-state index in [-0.39, 0.29) is 0 Å². The molecule has 0 radical (unpaired) electrons. The number of methoxy groups -OCH3 is 1. The van der Waals surface area contributed by atoms with E-state index in [1.807, 2.05) is 38.1 Å². The van der Waals surface area contributed by atoms with Crippen molar-refractivity contribution in [2.24, 2.45) is 4.99 Å². The summed E-state index contributed by atoms with van der Waals surface area (Å²) in [6, 6.07) is 5.71. The number of hydrogen-bond donors (Lipinski definition) is 2. The molecular weight excluding hydrogens is 266 g/mol.